The van der Waals surface area contributed by atoms with Crippen LogP contribution in [-0.4, -0.2) is 12.0 Å². The van der Waals surface area contributed by atoms with Crippen LogP contribution in [0, 0.1) is 15.5 Å². The lowest BCUT2D eigenvalue weighted by molar-refractivity contribution is -0.384. The maximum Gasteiger partial charge on any atom is 0.385 e. The van der Waals surface area contributed by atoms with Gasteiger partial charge in [0.15, 0.2) is 4.98 Å². The summed E-state index contributed by atoms with van der Waals surface area (Å²) in [5.74, 6) is 0. The van der Waals surface area contributed by atoms with Gasteiger partial charge in [0, 0.05) is 30.9 Å². The van der Waals surface area contributed by atoms with Gasteiger partial charge in [0.2, 0.25) is 5.39 Å². The summed E-state index contributed by atoms with van der Waals surface area (Å²) in [5.41, 5.74) is 1.74. The minimum atomic E-state index is -0.413. The predicted molar refractivity (Wildman–Crippen MR) is 72.3 cm³/mol. The van der Waals surface area contributed by atoms with Crippen molar-refractivity contribution in [2.24, 2.45) is 0 Å². The Bertz CT molecular complexity index is 646. The number of hydrogen-bond donors (Lipinski definition) is 0. The molecular formula is C13H11N4O2+. The molecule has 0 aromatic heterocycles. The first-order valence-electron chi connectivity index (χ1n) is 5.56. The van der Waals surface area contributed by atoms with Crippen molar-refractivity contribution >= 4 is 22.7 Å². The van der Waals surface area contributed by atoms with E-state index in [9.17, 15) is 10.1 Å². The molecule has 0 unspecified atom stereocenters. The molecule has 19 heavy (non-hydrogen) atoms. The van der Waals surface area contributed by atoms with Gasteiger partial charge >= 0.3 is 5.69 Å². The lowest BCUT2D eigenvalue weighted by Gasteiger charge is -2.18. The molecule has 2 rings (SSSR count). The number of nitro benzene ring substituents is 1. The highest BCUT2D eigenvalue weighted by Gasteiger charge is 2.17. The molecule has 0 radical (unpaired) electrons. The van der Waals surface area contributed by atoms with Crippen LogP contribution in [0.4, 0.5) is 22.7 Å². The number of diazo groups is 1. The average Bonchev–Trinajstić information content (AvgIpc) is 2.46. The second-order valence-corrected chi connectivity index (χ2v) is 3.92. The summed E-state index contributed by atoms with van der Waals surface area (Å²) in [6.45, 7) is 0. The van der Waals surface area contributed by atoms with Gasteiger partial charge in [0.05, 0.1) is 4.92 Å². The molecule has 0 bridgehead atoms. The van der Waals surface area contributed by atoms with Crippen molar-refractivity contribution in [2.75, 3.05) is 11.9 Å². The van der Waals surface area contributed by atoms with Crippen LogP contribution in [0.2, 0.25) is 0 Å². The number of rotatable bonds is 3. The van der Waals surface area contributed by atoms with Gasteiger partial charge in [-0.1, -0.05) is 12.1 Å². The van der Waals surface area contributed by atoms with Crippen LogP contribution in [0.5, 0.6) is 0 Å². The first kappa shape index (κ1) is 12.5. The van der Waals surface area contributed by atoms with Gasteiger partial charge in [0.25, 0.3) is 5.69 Å². The van der Waals surface area contributed by atoms with Crippen molar-refractivity contribution in [1.82, 2.24) is 0 Å². The van der Waals surface area contributed by atoms with Crippen molar-refractivity contribution in [3.63, 3.8) is 0 Å². The molecule has 0 amide bonds. The van der Waals surface area contributed by atoms with E-state index in [1.165, 1.54) is 6.07 Å². The Morgan fingerprint density at radius 3 is 2.37 bits per heavy atom. The zero-order valence-corrected chi connectivity index (χ0v) is 10.2. The van der Waals surface area contributed by atoms with E-state index in [1.807, 2.05) is 0 Å². The van der Waals surface area contributed by atoms with Gasteiger partial charge in [-0.05, 0) is 18.2 Å². The Morgan fingerprint density at radius 1 is 1.16 bits per heavy atom. The number of nitrogens with zero attached hydrogens (tertiary/aromatic N) is 4. The highest BCUT2D eigenvalue weighted by atomic mass is 16.6. The molecule has 0 aliphatic heterocycles. The number of hydrogen-bond acceptors (Lipinski definition) is 4. The molecule has 0 atom stereocenters. The zero-order valence-electron chi connectivity index (χ0n) is 10.2. The second-order valence-electron chi connectivity index (χ2n) is 3.92. The molecule has 2 aromatic carbocycles. The van der Waals surface area contributed by atoms with E-state index in [4.69, 9.17) is 5.39 Å². The minimum Gasteiger partial charge on any atom is -0.339 e. The van der Waals surface area contributed by atoms with E-state index in [-0.39, 0.29) is 5.69 Å². The van der Waals surface area contributed by atoms with Crippen LogP contribution < -0.4 is 4.90 Å². The predicted octanol–water partition coefficient (Wildman–Crippen LogP) is 3.85. The number of benzene rings is 2. The van der Waals surface area contributed by atoms with E-state index in [2.05, 4.69) is 4.98 Å². The monoisotopic (exact) mass is 255 g/mol. The van der Waals surface area contributed by atoms with Crippen LogP contribution in [0.15, 0.2) is 48.5 Å². The van der Waals surface area contributed by atoms with E-state index < -0.39 is 4.92 Å². The van der Waals surface area contributed by atoms with Crippen LogP contribution >= 0.6 is 0 Å². The highest BCUT2D eigenvalue weighted by Crippen LogP contribution is 2.32. The number of nitro groups is 1. The van der Waals surface area contributed by atoms with E-state index in [0.29, 0.717) is 11.4 Å². The van der Waals surface area contributed by atoms with Crippen molar-refractivity contribution in [1.29, 1.82) is 5.39 Å². The molecule has 0 saturated carbocycles. The summed E-state index contributed by atoms with van der Waals surface area (Å²) in [6.07, 6.45) is 0. The Labute approximate surface area is 109 Å². The molecule has 0 aliphatic carbocycles. The van der Waals surface area contributed by atoms with Crippen molar-refractivity contribution in [2.45, 2.75) is 0 Å². The lowest BCUT2D eigenvalue weighted by atomic mass is 10.2. The molecule has 0 fully saturated rings. The summed E-state index contributed by atoms with van der Waals surface area (Å²) >= 11 is 0. The Morgan fingerprint density at radius 2 is 1.79 bits per heavy atom. The smallest absolute Gasteiger partial charge is 0.339 e. The lowest BCUT2D eigenvalue weighted by Crippen LogP contribution is -2.11. The van der Waals surface area contributed by atoms with Crippen LogP contribution in [-0.2, 0) is 0 Å². The first-order chi connectivity index (χ1) is 9.13. The molecule has 2 aromatic rings. The molecule has 0 N–H and O–H groups in total. The summed E-state index contributed by atoms with van der Waals surface area (Å²) < 4.78 is 0. The molecule has 94 valence electrons. The maximum absolute atomic E-state index is 11.0. The molecule has 0 aliphatic rings. The SMILES string of the molecule is CN(c1ccc([N+]#N)cc1)c1ccccc1[N+](=O)[O-]. The quantitative estimate of drug-likeness (QED) is 0.474. The topological polar surface area (TPSA) is 74.5 Å². The number of anilines is 2. The van der Waals surface area contributed by atoms with Gasteiger partial charge in [0.1, 0.15) is 5.69 Å². The van der Waals surface area contributed by atoms with Crippen LogP contribution in [0.3, 0.4) is 0 Å². The summed E-state index contributed by atoms with van der Waals surface area (Å²) in [5, 5.41) is 19.6. The average molecular weight is 255 g/mol. The largest absolute Gasteiger partial charge is 0.385 e. The summed E-state index contributed by atoms with van der Waals surface area (Å²) in [4.78, 5) is 15.3. The zero-order chi connectivity index (χ0) is 13.8. The van der Waals surface area contributed by atoms with Crippen molar-refractivity contribution in [3.8, 4) is 0 Å². The van der Waals surface area contributed by atoms with Gasteiger partial charge in [-0.15, -0.1) is 0 Å². The summed E-state index contributed by atoms with van der Waals surface area (Å²) in [7, 11) is 1.74. The molecule has 6 nitrogen and oxygen atoms in total. The van der Waals surface area contributed by atoms with E-state index in [0.717, 1.165) is 5.69 Å². The fourth-order valence-electron chi connectivity index (χ4n) is 1.78. The highest BCUT2D eigenvalue weighted by molar-refractivity contribution is 5.72. The van der Waals surface area contributed by atoms with Gasteiger partial charge in [-0.2, -0.15) is 0 Å². The third kappa shape index (κ3) is 2.50. The Kier molecular flexibility index (Phi) is 3.39. The molecule has 0 saturated heterocycles. The third-order valence-corrected chi connectivity index (χ3v) is 2.79. The molecule has 0 spiro atoms. The van der Waals surface area contributed by atoms with Crippen molar-refractivity contribution < 1.29 is 4.92 Å². The second kappa shape index (κ2) is 5.14. The normalized spacial score (nSPS) is 9.68. The van der Waals surface area contributed by atoms with Gasteiger partial charge < -0.3 is 4.90 Å². The Balaban J connectivity index is 2.41. The standard InChI is InChI=1S/C13H11N4O2/c1-16(11-8-6-10(15-14)7-9-11)12-4-2-3-5-13(12)17(18)19/h2-9H,1H3/q+1. The fraction of sp³-hybridized carbons (Fsp3) is 0.0769. The molecule has 0 heterocycles. The third-order valence-electron chi connectivity index (χ3n) is 2.79. The Hall–Kier alpha value is -2.94. The van der Waals surface area contributed by atoms with E-state index in [1.54, 1.807) is 54.4 Å². The minimum absolute atomic E-state index is 0.0425. The first-order valence-corrected chi connectivity index (χ1v) is 5.56. The number of para-hydroxylation sites is 2. The van der Waals surface area contributed by atoms with Crippen LogP contribution in [0.25, 0.3) is 4.98 Å². The van der Waals surface area contributed by atoms with Crippen LogP contribution in [0.1, 0.15) is 0 Å². The molecular weight excluding hydrogens is 244 g/mol. The van der Waals surface area contributed by atoms with Gasteiger partial charge in [-0.25, -0.2) is 0 Å². The summed E-state index contributed by atoms with van der Waals surface area (Å²) in [6, 6.07) is 13.2. The van der Waals surface area contributed by atoms with Crippen molar-refractivity contribution in [3.05, 3.63) is 63.6 Å². The molecule has 6 heteroatoms. The maximum atomic E-state index is 11.0. The van der Waals surface area contributed by atoms with E-state index >= 15 is 0 Å². The fourth-order valence-corrected chi connectivity index (χ4v) is 1.78. The van der Waals surface area contributed by atoms with Gasteiger partial charge in [-0.3, -0.25) is 10.1 Å².